The summed E-state index contributed by atoms with van der Waals surface area (Å²) in [5, 5.41) is 4.07. The summed E-state index contributed by atoms with van der Waals surface area (Å²) >= 11 is 8.64. The van der Waals surface area contributed by atoms with E-state index in [2.05, 4.69) is 39.8 Å². The predicted molar refractivity (Wildman–Crippen MR) is 94.8 cm³/mol. The molecule has 0 saturated heterocycles. The molecule has 0 aliphatic carbocycles. The lowest BCUT2D eigenvalue weighted by molar-refractivity contribution is 0.807. The lowest BCUT2D eigenvalue weighted by Gasteiger charge is -2.25. The Morgan fingerprint density at radius 2 is 2.00 bits per heavy atom. The number of rotatable bonds is 2. The monoisotopic (exact) mass is 409 g/mol. The number of halogens is 2. The lowest BCUT2D eigenvalue weighted by Crippen LogP contribution is -2.28. The number of hydrogen-bond donors (Lipinski definition) is 1. The molecule has 3 nitrogen and oxygen atoms in total. The van der Waals surface area contributed by atoms with Crippen molar-refractivity contribution in [3.05, 3.63) is 74.2 Å². The third kappa shape index (κ3) is 2.96. The number of hydrogen-bond acceptors (Lipinski definition) is 3. The first-order chi connectivity index (χ1) is 10.2. The van der Waals surface area contributed by atoms with Crippen molar-refractivity contribution < 1.29 is 0 Å². The highest BCUT2D eigenvalue weighted by Gasteiger charge is 2.23. The van der Waals surface area contributed by atoms with E-state index in [9.17, 15) is 0 Å². The molecule has 106 valence electrons. The fraction of sp³-hybridized carbons (Fsp3) is 0.125. The van der Waals surface area contributed by atoms with Gasteiger partial charge < -0.3 is 5.32 Å². The second kappa shape index (κ2) is 6.15. The molecular weight excluding hydrogens is 397 g/mol. The van der Waals surface area contributed by atoms with Crippen LogP contribution in [0.25, 0.3) is 0 Å². The van der Waals surface area contributed by atoms with E-state index in [0.29, 0.717) is 0 Å². The van der Waals surface area contributed by atoms with E-state index in [4.69, 9.17) is 16.6 Å². The first kappa shape index (κ1) is 14.5. The second-order valence-corrected chi connectivity index (χ2v) is 6.25. The van der Waals surface area contributed by atoms with E-state index < -0.39 is 0 Å². The van der Waals surface area contributed by atoms with Crippen molar-refractivity contribution in [1.29, 1.82) is 0 Å². The SMILES string of the molecule is CC1=C(I)NC(c2cccnc2)=NC1c1ccccc1Cl. The van der Waals surface area contributed by atoms with E-state index in [1.54, 1.807) is 12.4 Å². The van der Waals surface area contributed by atoms with Crippen molar-refractivity contribution in [2.45, 2.75) is 13.0 Å². The predicted octanol–water partition coefficient (Wildman–Crippen LogP) is 4.49. The number of aromatic nitrogens is 1. The number of amidine groups is 1. The maximum Gasteiger partial charge on any atom is 0.135 e. The molecule has 1 unspecified atom stereocenters. The van der Waals surface area contributed by atoms with Crippen molar-refractivity contribution in [2.75, 3.05) is 0 Å². The van der Waals surface area contributed by atoms with Crippen LogP contribution in [0.1, 0.15) is 24.1 Å². The van der Waals surface area contributed by atoms with Gasteiger partial charge in [-0.1, -0.05) is 29.8 Å². The van der Waals surface area contributed by atoms with Crippen molar-refractivity contribution in [3.63, 3.8) is 0 Å². The number of nitrogens with zero attached hydrogens (tertiary/aromatic N) is 2. The molecule has 1 aromatic heterocycles. The molecule has 0 radical (unpaired) electrons. The fourth-order valence-electron chi connectivity index (χ4n) is 2.23. The molecule has 0 saturated carbocycles. The van der Waals surface area contributed by atoms with Gasteiger partial charge in [0.25, 0.3) is 0 Å². The Balaban J connectivity index is 2.07. The molecular formula is C16H13ClIN3. The number of benzene rings is 1. The quantitative estimate of drug-likeness (QED) is 0.586. The van der Waals surface area contributed by atoms with E-state index in [-0.39, 0.29) is 6.04 Å². The Hall–Kier alpha value is -1.40. The fourth-order valence-corrected chi connectivity index (χ4v) is 3.02. The van der Waals surface area contributed by atoms with Crippen molar-refractivity contribution in [1.82, 2.24) is 10.3 Å². The minimum Gasteiger partial charge on any atom is -0.335 e. The van der Waals surface area contributed by atoms with Crippen LogP contribution >= 0.6 is 34.2 Å². The minimum atomic E-state index is -0.0675. The first-order valence-electron chi connectivity index (χ1n) is 6.52. The highest BCUT2D eigenvalue weighted by molar-refractivity contribution is 14.1. The van der Waals surface area contributed by atoms with Gasteiger partial charge in [0.15, 0.2) is 0 Å². The smallest absolute Gasteiger partial charge is 0.135 e. The van der Waals surface area contributed by atoms with Crippen LogP contribution in [0.5, 0.6) is 0 Å². The van der Waals surface area contributed by atoms with Gasteiger partial charge in [0.1, 0.15) is 11.9 Å². The zero-order valence-electron chi connectivity index (χ0n) is 11.3. The third-order valence-electron chi connectivity index (χ3n) is 3.38. The Morgan fingerprint density at radius 3 is 2.71 bits per heavy atom. The standard InChI is InChI=1S/C16H13ClIN3/c1-10-14(12-6-2-3-7-13(12)17)20-16(21-15(10)18)11-5-4-8-19-9-11/h2-9,14H,1H3,(H,20,21). The van der Waals surface area contributed by atoms with Gasteiger partial charge in [-0.05, 0) is 58.9 Å². The summed E-state index contributed by atoms with van der Waals surface area (Å²) in [6.45, 7) is 2.08. The average molecular weight is 410 g/mol. The molecule has 3 rings (SSSR count). The molecule has 0 amide bonds. The zero-order chi connectivity index (χ0) is 14.8. The largest absolute Gasteiger partial charge is 0.335 e. The summed E-state index contributed by atoms with van der Waals surface area (Å²) in [5.74, 6) is 0.822. The van der Waals surface area contributed by atoms with Crippen molar-refractivity contribution >= 4 is 40.0 Å². The van der Waals surface area contributed by atoms with Crippen molar-refractivity contribution in [3.8, 4) is 0 Å². The molecule has 0 spiro atoms. The molecule has 5 heteroatoms. The van der Waals surface area contributed by atoms with Gasteiger partial charge in [-0.2, -0.15) is 0 Å². The molecule has 0 bridgehead atoms. The maximum absolute atomic E-state index is 6.34. The van der Waals surface area contributed by atoms with Crippen LogP contribution in [0.3, 0.4) is 0 Å². The average Bonchev–Trinajstić information content (AvgIpc) is 2.51. The van der Waals surface area contributed by atoms with Gasteiger partial charge in [0.2, 0.25) is 0 Å². The van der Waals surface area contributed by atoms with Gasteiger partial charge in [-0.15, -0.1) is 0 Å². The van der Waals surface area contributed by atoms with Gasteiger partial charge in [0, 0.05) is 23.0 Å². The molecule has 21 heavy (non-hydrogen) atoms. The summed E-state index contributed by atoms with van der Waals surface area (Å²) < 4.78 is 1.08. The number of nitrogens with one attached hydrogen (secondary N) is 1. The highest BCUT2D eigenvalue weighted by atomic mass is 127. The third-order valence-corrected chi connectivity index (χ3v) is 4.84. The Kier molecular flexibility index (Phi) is 4.26. The van der Waals surface area contributed by atoms with Crippen LogP contribution in [0.2, 0.25) is 5.02 Å². The summed E-state index contributed by atoms with van der Waals surface area (Å²) in [6, 6.07) is 11.7. The topological polar surface area (TPSA) is 37.3 Å². The van der Waals surface area contributed by atoms with Gasteiger partial charge >= 0.3 is 0 Å². The Labute approximate surface area is 142 Å². The summed E-state index contributed by atoms with van der Waals surface area (Å²) in [6.07, 6.45) is 3.56. The van der Waals surface area contributed by atoms with Crippen LogP contribution in [-0.4, -0.2) is 10.8 Å². The van der Waals surface area contributed by atoms with Crippen LogP contribution in [0, 0.1) is 0 Å². The Bertz CT molecular complexity index is 725. The number of aliphatic imine (C=N–C) groups is 1. The highest BCUT2D eigenvalue weighted by Crippen LogP contribution is 2.36. The molecule has 2 aromatic rings. The molecule has 1 aliphatic heterocycles. The molecule has 1 atom stereocenters. The Morgan fingerprint density at radius 1 is 1.19 bits per heavy atom. The normalized spacial score (nSPS) is 18.2. The minimum absolute atomic E-state index is 0.0675. The summed E-state index contributed by atoms with van der Waals surface area (Å²) in [7, 11) is 0. The van der Waals surface area contributed by atoms with Gasteiger partial charge in [0.05, 0.1) is 3.70 Å². The van der Waals surface area contributed by atoms with Gasteiger partial charge in [-0.25, -0.2) is 0 Å². The van der Waals surface area contributed by atoms with Crippen LogP contribution < -0.4 is 5.32 Å². The molecule has 1 aromatic carbocycles. The van der Waals surface area contributed by atoms with Crippen LogP contribution in [-0.2, 0) is 0 Å². The van der Waals surface area contributed by atoms with E-state index in [1.807, 2.05) is 36.4 Å². The molecule has 1 N–H and O–H groups in total. The molecule has 2 heterocycles. The lowest BCUT2D eigenvalue weighted by atomic mass is 9.99. The second-order valence-electron chi connectivity index (χ2n) is 4.77. The van der Waals surface area contributed by atoms with Gasteiger partial charge in [-0.3, -0.25) is 9.98 Å². The number of pyridine rings is 1. The maximum atomic E-state index is 6.34. The van der Waals surface area contributed by atoms with E-state index in [0.717, 1.165) is 31.3 Å². The first-order valence-corrected chi connectivity index (χ1v) is 7.98. The van der Waals surface area contributed by atoms with E-state index >= 15 is 0 Å². The molecule has 1 aliphatic rings. The zero-order valence-corrected chi connectivity index (χ0v) is 14.3. The summed E-state index contributed by atoms with van der Waals surface area (Å²) in [5.41, 5.74) is 3.15. The van der Waals surface area contributed by atoms with Crippen LogP contribution in [0.4, 0.5) is 0 Å². The van der Waals surface area contributed by atoms with E-state index in [1.165, 1.54) is 0 Å². The summed E-state index contributed by atoms with van der Waals surface area (Å²) in [4.78, 5) is 8.99. The van der Waals surface area contributed by atoms with Crippen molar-refractivity contribution in [2.24, 2.45) is 4.99 Å². The molecule has 0 fully saturated rings. The van der Waals surface area contributed by atoms with Crippen LogP contribution in [0.15, 0.2) is 63.1 Å².